The van der Waals surface area contributed by atoms with Crippen LogP contribution in [0.3, 0.4) is 0 Å². The number of rotatable bonds is 4. The molecule has 1 amide bonds. The Morgan fingerprint density at radius 1 is 1.60 bits per heavy atom. The molecule has 0 unspecified atom stereocenters. The van der Waals surface area contributed by atoms with Gasteiger partial charge in [0.1, 0.15) is 0 Å². The highest BCUT2D eigenvalue weighted by molar-refractivity contribution is 5.92. The van der Waals surface area contributed by atoms with Crippen molar-refractivity contribution in [3.05, 3.63) is 12.2 Å². The van der Waals surface area contributed by atoms with Gasteiger partial charge in [0.25, 0.3) is 5.91 Å². The van der Waals surface area contributed by atoms with Gasteiger partial charge in [-0.3, -0.25) is 10.2 Å². The van der Waals surface area contributed by atoms with Crippen molar-refractivity contribution in [3.8, 4) is 0 Å². The number of carbonyl (C=O) groups excluding carboxylic acids is 1. The van der Waals surface area contributed by atoms with Crippen LogP contribution >= 0.6 is 0 Å². The Morgan fingerprint density at radius 3 is 2.60 bits per heavy atom. The van der Waals surface area contributed by atoms with Crippen LogP contribution in [-0.4, -0.2) is 13.0 Å². The van der Waals surface area contributed by atoms with Crippen LogP contribution in [0, 0.1) is 0 Å². The summed E-state index contributed by atoms with van der Waals surface area (Å²) >= 11 is 0. The fourth-order valence-corrected chi connectivity index (χ4v) is 0.617. The lowest BCUT2D eigenvalue weighted by Gasteiger charge is -2.03. The second-order valence-corrected chi connectivity index (χ2v) is 2.06. The number of carbonyl (C=O) groups is 1. The third-order valence-corrected chi connectivity index (χ3v) is 1.11. The standard InChI is InChI=1S/C7H14N2O/c1-4-5-6(2)7(10)9-8-3/h8H,2,4-5H2,1,3H3,(H,9,10). The minimum Gasteiger partial charge on any atom is -0.288 e. The summed E-state index contributed by atoms with van der Waals surface area (Å²) in [5.74, 6) is -0.121. The number of nitrogens with one attached hydrogen (secondary N) is 2. The van der Waals surface area contributed by atoms with Crippen molar-refractivity contribution in [3.63, 3.8) is 0 Å². The van der Waals surface area contributed by atoms with Crippen molar-refractivity contribution in [1.82, 2.24) is 10.9 Å². The second kappa shape index (κ2) is 4.99. The van der Waals surface area contributed by atoms with E-state index >= 15 is 0 Å². The number of hydrazine groups is 1. The van der Waals surface area contributed by atoms with Gasteiger partial charge in [-0.15, -0.1) is 0 Å². The van der Waals surface area contributed by atoms with Crippen LogP contribution in [0.2, 0.25) is 0 Å². The fourth-order valence-electron chi connectivity index (χ4n) is 0.617. The van der Waals surface area contributed by atoms with Crippen LogP contribution in [0.15, 0.2) is 12.2 Å². The molecule has 0 saturated heterocycles. The molecule has 0 saturated carbocycles. The first-order chi connectivity index (χ1) is 4.72. The van der Waals surface area contributed by atoms with E-state index in [1.165, 1.54) is 0 Å². The highest BCUT2D eigenvalue weighted by atomic mass is 16.2. The molecule has 0 aliphatic rings. The summed E-state index contributed by atoms with van der Waals surface area (Å²) in [6.45, 7) is 5.62. The molecule has 0 atom stereocenters. The van der Waals surface area contributed by atoms with Crippen LogP contribution in [0.25, 0.3) is 0 Å². The van der Waals surface area contributed by atoms with Crippen molar-refractivity contribution >= 4 is 5.91 Å². The molecule has 0 aliphatic heterocycles. The van der Waals surface area contributed by atoms with Crippen molar-refractivity contribution in [2.45, 2.75) is 19.8 Å². The molecule has 3 heteroatoms. The Morgan fingerprint density at radius 2 is 2.20 bits per heavy atom. The fraction of sp³-hybridized carbons (Fsp3) is 0.571. The van der Waals surface area contributed by atoms with E-state index in [-0.39, 0.29) is 5.91 Å². The third-order valence-electron chi connectivity index (χ3n) is 1.11. The predicted molar refractivity (Wildman–Crippen MR) is 41.3 cm³/mol. The Hall–Kier alpha value is -0.830. The predicted octanol–water partition coefficient (Wildman–Crippen LogP) is 0.593. The first-order valence-electron chi connectivity index (χ1n) is 3.37. The van der Waals surface area contributed by atoms with E-state index in [1.54, 1.807) is 7.05 Å². The molecule has 10 heavy (non-hydrogen) atoms. The summed E-state index contributed by atoms with van der Waals surface area (Å²) in [5.41, 5.74) is 5.61. The number of hydrogen-bond acceptors (Lipinski definition) is 2. The van der Waals surface area contributed by atoms with Gasteiger partial charge in [-0.1, -0.05) is 19.9 Å². The van der Waals surface area contributed by atoms with E-state index in [0.717, 1.165) is 12.8 Å². The quantitative estimate of drug-likeness (QED) is 0.445. The largest absolute Gasteiger partial charge is 0.288 e. The molecule has 0 aromatic rings. The maximum absolute atomic E-state index is 10.9. The Kier molecular flexibility index (Phi) is 4.58. The summed E-state index contributed by atoms with van der Waals surface area (Å²) in [5, 5.41) is 0. The summed E-state index contributed by atoms with van der Waals surface area (Å²) in [6.07, 6.45) is 1.71. The Labute approximate surface area is 61.5 Å². The molecule has 2 N–H and O–H groups in total. The smallest absolute Gasteiger partial charge is 0.260 e. The molecule has 58 valence electrons. The lowest BCUT2D eigenvalue weighted by molar-refractivity contribution is -0.118. The van der Waals surface area contributed by atoms with Gasteiger partial charge in [0, 0.05) is 12.6 Å². The average molecular weight is 142 g/mol. The van der Waals surface area contributed by atoms with Gasteiger partial charge in [0.05, 0.1) is 0 Å². The minimum absolute atomic E-state index is 0.121. The maximum Gasteiger partial charge on any atom is 0.260 e. The zero-order valence-electron chi connectivity index (χ0n) is 6.53. The van der Waals surface area contributed by atoms with E-state index in [2.05, 4.69) is 17.4 Å². The molecular formula is C7H14N2O. The normalized spacial score (nSPS) is 9.00. The molecular weight excluding hydrogens is 128 g/mol. The van der Waals surface area contributed by atoms with E-state index in [1.807, 2.05) is 6.92 Å². The van der Waals surface area contributed by atoms with E-state index < -0.39 is 0 Å². The first kappa shape index (κ1) is 9.17. The summed E-state index contributed by atoms with van der Waals surface area (Å²) < 4.78 is 0. The molecule has 0 fully saturated rings. The van der Waals surface area contributed by atoms with Gasteiger partial charge >= 0.3 is 0 Å². The topological polar surface area (TPSA) is 41.1 Å². The zero-order chi connectivity index (χ0) is 7.98. The Balaban J connectivity index is 3.60. The average Bonchev–Trinajstić information content (AvgIpc) is 1.89. The Bertz CT molecular complexity index is 116. The van der Waals surface area contributed by atoms with Crippen LogP contribution in [0.1, 0.15) is 19.8 Å². The molecule has 0 rings (SSSR count). The summed E-state index contributed by atoms with van der Waals surface area (Å²) in [6, 6.07) is 0. The van der Waals surface area contributed by atoms with Crippen LogP contribution < -0.4 is 10.9 Å². The van der Waals surface area contributed by atoms with Gasteiger partial charge < -0.3 is 0 Å². The van der Waals surface area contributed by atoms with E-state index in [4.69, 9.17) is 0 Å². The summed E-state index contributed by atoms with van der Waals surface area (Å²) in [4.78, 5) is 10.9. The zero-order valence-corrected chi connectivity index (χ0v) is 6.53. The molecule has 3 nitrogen and oxygen atoms in total. The molecule has 0 aromatic heterocycles. The highest BCUT2D eigenvalue weighted by Gasteiger charge is 2.02. The maximum atomic E-state index is 10.9. The van der Waals surface area contributed by atoms with Crippen molar-refractivity contribution in [1.29, 1.82) is 0 Å². The number of hydrogen-bond donors (Lipinski definition) is 2. The lowest BCUT2D eigenvalue weighted by Crippen LogP contribution is -2.34. The third kappa shape index (κ3) is 3.25. The van der Waals surface area contributed by atoms with Gasteiger partial charge in [0.2, 0.25) is 0 Å². The first-order valence-corrected chi connectivity index (χ1v) is 3.37. The minimum atomic E-state index is -0.121. The van der Waals surface area contributed by atoms with Crippen LogP contribution in [-0.2, 0) is 4.79 Å². The van der Waals surface area contributed by atoms with E-state index in [0.29, 0.717) is 5.57 Å². The molecule has 0 aliphatic carbocycles. The van der Waals surface area contributed by atoms with Crippen LogP contribution in [0.5, 0.6) is 0 Å². The number of amides is 1. The van der Waals surface area contributed by atoms with Gasteiger partial charge in [-0.25, -0.2) is 5.43 Å². The SMILES string of the molecule is C=C(CCC)C(=O)NNC. The van der Waals surface area contributed by atoms with Crippen molar-refractivity contribution < 1.29 is 4.79 Å². The van der Waals surface area contributed by atoms with Gasteiger partial charge in [-0.05, 0) is 6.42 Å². The van der Waals surface area contributed by atoms with Gasteiger partial charge in [0.15, 0.2) is 0 Å². The van der Waals surface area contributed by atoms with Crippen LogP contribution in [0.4, 0.5) is 0 Å². The molecule has 0 spiro atoms. The molecule has 0 bridgehead atoms. The van der Waals surface area contributed by atoms with Gasteiger partial charge in [-0.2, -0.15) is 0 Å². The van der Waals surface area contributed by atoms with E-state index in [9.17, 15) is 4.79 Å². The highest BCUT2D eigenvalue weighted by Crippen LogP contribution is 1.99. The molecule has 0 radical (unpaired) electrons. The second-order valence-electron chi connectivity index (χ2n) is 2.06. The van der Waals surface area contributed by atoms with Crippen molar-refractivity contribution in [2.24, 2.45) is 0 Å². The van der Waals surface area contributed by atoms with Crippen molar-refractivity contribution in [2.75, 3.05) is 7.05 Å². The monoisotopic (exact) mass is 142 g/mol. The molecule has 0 aromatic carbocycles. The molecule has 0 heterocycles. The summed E-state index contributed by atoms with van der Waals surface area (Å²) in [7, 11) is 1.65. The lowest BCUT2D eigenvalue weighted by atomic mass is 10.2.